The maximum atomic E-state index is 13.0. The lowest BCUT2D eigenvalue weighted by Gasteiger charge is -2.35. The van der Waals surface area contributed by atoms with Crippen molar-refractivity contribution in [2.75, 3.05) is 31.1 Å². The number of carbonyl (C=O) groups is 1. The van der Waals surface area contributed by atoms with E-state index in [9.17, 15) is 4.79 Å². The monoisotopic (exact) mass is 388 g/mol. The third-order valence-corrected chi connectivity index (χ3v) is 5.16. The summed E-state index contributed by atoms with van der Waals surface area (Å²) in [6, 6.07) is 9.83. The van der Waals surface area contributed by atoms with E-state index >= 15 is 0 Å². The predicted octanol–water partition coefficient (Wildman–Crippen LogP) is 4.38. The van der Waals surface area contributed by atoms with Gasteiger partial charge in [0, 0.05) is 42.6 Å². The summed E-state index contributed by atoms with van der Waals surface area (Å²) in [5, 5.41) is 5.40. The summed E-state index contributed by atoms with van der Waals surface area (Å²) in [6.07, 6.45) is 0. The van der Waals surface area contributed by atoms with Gasteiger partial charge < -0.3 is 9.80 Å². The number of anilines is 1. The molecule has 27 heavy (non-hydrogen) atoms. The minimum atomic E-state index is -0.149. The minimum absolute atomic E-state index is 0.0191. The summed E-state index contributed by atoms with van der Waals surface area (Å²) in [4.78, 5) is 17.2. The second kappa shape index (κ2) is 7.55. The van der Waals surface area contributed by atoms with Crippen LogP contribution in [0.15, 0.2) is 30.3 Å². The first-order chi connectivity index (χ1) is 12.7. The Labute approximate surface area is 166 Å². The van der Waals surface area contributed by atoms with Crippen molar-refractivity contribution >= 4 is 23.2 Å². The topological polar surface area (TPSA) is 41.4 Å². The number of piperazine rings is 1. The zero-order chi connectivity index (χ0) is 19.8. The van der Waals surface area contributed by atoms with Gasteiger partial charge in [-0.05, 0) is 51.0 Å². The third kappa shape index (κ3) is 4.29. The van der Waals surface area contributed by atoms with E-state index in [1.54, 1.807) is 0 Å². The van der Waals surface area contributed by atoms with E-state index in [0.29, 0.717) is 24.7 Å². The van der Waals surface area contributed by atoms with Crippen LogP contribution in [0.2, 0.25) is 5.02 Å². The maximum absolute atomic E-state index is 13.0. The fourth-order valence-corrected chi connectivity index (χ4v) is 3.64. The Bertz CT molecular complexity index is 814. The zero-order valence-electron chi connectivity index (χ0n) is 16.9. The van der Waals surface area contributed by atoms with Crippen molar-refractivity contribution in [2.45, 2.75) is 46.1 Å². The van der Waals surface area contributed by atoms with Crippen molar-refractivity contribution < 1.29 is 4.79 Å². The minimum Gasteiger partial charge on any atom is -0.368 e. The highest BCUT2D eigenvalue weighted by Gasteiger charge is 2.28. The van der Waals surface area contributed by atoms with Gasteiger partial charge in [-0.2, -0.15) is 5.10 Å². The molecule has 5 nitrogen and oxygen atoms in total. The number of carbonyl (C=O) groups excluding carboxylic acids is 1. The first kappa shape index (κ1) is 19.7. The predicted molar refractivity (Wildman–Crippen MR) is 111 cm³/mol. The normalized spacial score (nSPS) is 15.5. The second-order valence-corrected chi connectivity index (χ2v) is 8.89. The van der Waals surface area contributed by atoms with Crippen LogP contribution in [0, 0.1) is 0 Å². The molecule has 0 saturated carbocycles. The van der Waals surface area contributed by atoms with Crippen LogP contribution in [0.3, 0.4) is 0 Å². The number of hydrogen-bond acceptors (Lipinski definition) is 3. The van der Waals surface area contributed by atoms with Gasteiger partial charge in [0.1, 0.15) is 0 Å². The molecule has 146 valence electrons. The first-order valence-corrected chi connectivity index (χ1v) is 9.95. The van der Waals surface area contributed by atoms with Crippen LogP contribution in [0.1, 0.15) is 56.7 Å². The molecule has 2 aromatic rings. The molecule has 1 aromatic carbocycles. The van der Waals surface area contributed by atoms with Crippen LogP contribution in [0.4, 0.5) is 5.69 Å². The van der Waals surface area contributed by atoms with Gasteiger partial charge in [-0.15, -0.1) is 0 Å². The fourth-order valence-electron chi connectivity index (χ4n) is 3.45. The Hall–Kier alpha value is -2.01. The average molecular weight is 389 g/mol. The molecule has 0 radical (unpaired) electrons. The van der Waals surface area contributed by atoms with Gasteiger partial charge >= 0.3 is 0 Å². The summed E-state index contributed by atoms with van der Waals surface area (Å²) in [5.74, 6) is 0.337. The van der Waals surface area contributed by atoms with Crippen molar-refractivity contribution in [3.63, 3.8) is 0 Å². The number of rotatable bonds is 3. The van der Waals surface area contributed by atoms with Crippen LogP contribution in [0.5, 0.6) is 0 Å². The Kier molecular flexibility index (Phi) is 5.52. The lowest BCUT2D eigenvalue weighted by molar-refractivity contribution is 0.0739. The molecule has 1 saturated heterocycles. The summed E-state index contributed by atoms with van der Waals surface area (Å²) in [7, 11) is 0. The summed E-state index contributed by atoms with van der Waals surface area (Å²) < 4.78 is 1.99. The van der Waals surface area contributed by atoms with Gasteiger partial charge in [0.15, 0.2) is 5.69 Å². The number of aromatic nitrogens is 2. The van der Waals surface area contributed by atoms with Gasteiger partial charge in [0.05, 0.1) is 5.54 Å². The molecule has 1 fully saturated rings. The van der Waals surface area contributed by atoms with E-state index in [1.165, 1.54) is 0 Å². The quantitative estimate of drug-likeness (QED) is 0.783. The Morgan fingerprint density at radius 1 is 1.11 bits per heavy atom. The standard InChI is InChI=1S/C21H29ClN4O/c1-15(2)19-14-18(23-26(19)21(3,4)5)20(27)25-11-9-24(10-12-25)17-8-6-7-16(22)13-17/h6-8,13-15H,9-12H2,1-5H3. The average Bonchev–Trinajstić information content (AvgIpc) is 3.07. The van der Waals surface area contributed by atoms with Gasteiger partial charge in [-0.1, -0.05) is 31.5 Å². The van der Waals surface area contributed by atoms with Crippen LogP contribution in [-0.4, -0.2) is 46.8 Å². The van der Waals surface area contributed by atoms with Crippen LogP contribution < -0.4 is 4.90 Å². The smallest absolute Gasteiger partial charge is 0.274 e. The molecular weight excluding hydrogens is 360 g/mol. The molecule has 0 N–H and O–H groups in total. The van der Waals surface area contributed by atoms with Gasteiger partial charge in [0.25, 0.3) is 5.91 Å². The molecule has 0 bridgehead atoms. The molecule has 1 amide bonds. The highest BCUT2D eigenvalue weighted by atomic mass is 35.5. The van der Waals surface area contributed by atoms with Crippen molar-refractivity contribution in [2.24, 2.45) is 0 Å². The Morgan fingerprint density at radius 3 is 2.30 bits per heavy atom. The number of nitrogens with zero attached hydrogens (tertiary/aromatic N) is 4. The maximum Gasteiger partial charge on any atom is 0.274 e. The van der Waals surface area contributed by atoms with Crippen molar-refractivity contribution in [1.29, 1.82) is 0 Å². The lowest BCUT2D eigenvalue weighted by atomic mass is 10.1. The SMILES string of the molecule is CC(C)c1cc(C(=O)N2CCN(c3cccc(Cl)c3)CC2)nn1C(C)(C)C. The molecule has 0 unspecified atom stereocenters. The van der Waals surface area contributed by atoms with Gasteiger partial charge in [0.2, 0.25) is 0 Å². The number of hydrogen-bond donors (Lipinski definition) is 0. The third-order valence-electron chi connectivity index (χ3n) is 4.92. The van der Waals surface area contributed by atoms with E-state index in [1.807, 2.05) is 33.8 Å². The molecule has 6 heteroatoms. The van der Waals surface area contributed by atoms with E-state index in [0.717, 1.165) is 29.5 Å². The molecule has 1 aliphatic heterocycles. The largest absolute Gasteiger partial charge is 0.368 e. The van der Waals surface area contributed by atoms with E-state index in [4.69, 9.17) is 11.6 Å². The first-order valence-electron chi connectivity index (χ1n) is 9.57. The van der Waals surface area contributed by atoms with Crippen molar-refractivity contribution in [1.82, 2.24) is 14.7 Å². The fraction of sp³-hybridized carbons (Fsp3) is 0.524. The van der Waals surface area contributed by atoms with E-state index in [2.05, 4.69) is 50.7 Å². The molecular formula is C21H29ClN4O. The summed E-state index contributed by atoms with van der Waals surface area (Å²) in [5.41, 5.74) is 2.60. The molecule has 2 heterocycles. The summed E-state index contributed by atoms with van der Waals surface area (Å²) in [6.45, 7) is 13.6. The van der Waals surface area contributed by atoms with E-state index in [-0.39, 0.29) is 11.4 Å². The molecule has 0 atom stereocenters. The Morgan fingerprint density at radius 2 is 1.78 bits per heavy atom. The number of halogens is 1. The van der Waals surface area contributed by atoms with Gasteiger partial charge in [-0.25, -0.2) is 0 Å². The lowest BCUT2D eigenvalue weighted by Crippen LogP contribution is -2.49. The number of benzene rings is 1. The molecule has 3 rings (SSSR count). The highest BCUT2D eigenvalue weighted by Crippen LogP contribution is 2.25. The second-order valence-electron chi connectivity index (χ2n) is 8.45. The molecule has 0 aliphatic carbocycles. The molecule has 0 spiro atoms. The van der Waals surface area contributed by atoms with Crippen molar-refractivity contribution in [3.8, 4) is 0 Å². The van der Waals surface area contributed by atoms with Gasteiger partial charge in [-0.3, -0.25) is 9.48 Å². The van der Waals surface area contributed by atoms with Crippen molar-refractivity contribution in [3.05, 3.63) is 46.7 Å². The van der Waals surface area contributed by atoms with E-state index < -0.39 is 0 Å². The highest BCUT2D eigenvalue weighted by molar-refractivity contribution is 6.30. The molecule has 1 aromatic heterocycles. The molecule has 1 aliphatic rings. The Balaban J connectivity index is 1.73. The van der Waals surface area contributed by atoms with Crippen LogP contribution >= 0.6 is 11.6 Å². The number of amides is 1. The zero-order valence-corrected chi connectivity index (χ0v) is 17.6. The van der Waals surface area contributed by atoms with Crippen LogP contribution in [-0.2, 0) is 5.54 Å². The summed E-state index contributed by atoms with van der Waals surface area (Å²) >= 11 is 6.10. The van der Waals surface area contributed by atoms with Crippen LogP contribution in [0.25, 0.3) is 0 Å².